The van der Waals surface area contributed by atoms with Crippen molar-refractivity contribution in [3.63, 3.8) is 0 Å². The van der Waals surface area contributed by atoms with Crippen LogP contribution in [0.5, 0.6) is 5.75 Å². The van der Waals surface area contributed by atoms with Gasteiger partial charge in [-0.05, 0) is 37.0 Å². The second-order valence-electron chi connectivity index (χ2n) is 5.62. The molecule has 3 rings (SSSR count). The number of halogens is 1. The summed E-state index contributed by atoms with van der Waals surface area (Å²) in [6, 6.07) is 5.05. The molecule has 1 heterocycles. The summed E-state index contributed by atoms with van der Waals surface area (Å²) < 4.78 is 5.24. The minimum absolute atomic E-state index is 0.0416. The third-order valence-corrected chi connectivity index (χ3v) is 4.74. The van der Waals surface area contributed by atoms with E-state index in [1.807, 2.05) is 4.90 Å². The first-order valence-corrected chi connectivity index (χ1v) is 7.29. The SMILES string of the molecule is COc1cc(Cl)ccc1C(=O)N1CC2CCC(O)C2C1. The summed E-state index contributed by atoms with van der Waals surface area (Å²) in [6.07, 6.45) is 1.61. The molecular weight excluding hydrogens is 278 g/mol. The molecule has 0 spiro atoms. The topological polar surface area (TPSA) is 49.8 Å². The summed E-state index contributed by atoms with van der Waals surface area (Å²) >= 11 is 5.92. The van der Waals surface area contributed by atoms with E-state index in [-0.39, 0.29) is 17.9 Å². The average Bonchev–Trinajstić information content (AvgIpc) is 3.00. The van der Waals surface area contributed by atoms with Crippen LogP contribution >= 0.6 is 11.6 Å². The van der Waals surface area contributed by atoms with Gasteiger partial charge in [0.05, 0.1) is 18.8 Å². The molecule has 1 N–H and O–H groups in total. The van der Waals surface area contributed by atoms with Gasteiger partial charge in [0.1, 0.15) is 5.75 Å². The number of aliphatic hydroxyl groups is 1. The summed E-state index contributed by atoms with van der Waals surface area (Å²) in [5.41, 5.74) is 0.534. The predicted molar refractivity (Wildman–Crippen MR) is 76.1 cm³/mol. The number of fused-ring (bicyclic) bond motifs is 1. The van der Waals surface area contributed by atoms with E-state index >= 15 is 0 Å². The van der Waals surface area contributed by atoms with Gasteiger partial charge in [-0.3, -0.25) is 4.79 Å². The van der Waals surface area contributed by atoms with E-state index in [0.717, 1.165) is 19.4 Å². The number of carbonyl (C=O) groups excluding carboxylic acids is 1. The van der Waals surface area contributed by atoms with Crippen molar-refractivity contribution in [1.29, 1.82) is 0 Å². The van der Waals surface area contributed by atoms with Gasteiger partial charge < -0.3 is 14.7 Å². The van der Waals surface area contributed by atoms with Crippen LogP contribution in [0.2, 0.25) is 5.02 Å². The van der Waals surface area contributed by atoms with Crippen molar-refractivity contribution in [2.24, 2.45) is 11.8 Å². The van der Waals surface area contributed by atoms with Gasteiger partial charge in [-0.1, -0.05) is 11.6 Å². The van der Waals surface area contributed by atoms with Gasteiger partial charge >= 0.3 is 0 Å². The molecule has 4 nitrogen and oxygen atoms in total. The Kier molecular flexibility index (Phi) is 3.61. The van der Waals surface area contributed by atoms with Gasteiger partial charge in [0.15, 0.2) is 0 Å². The van der Waals surface area contributed by atoms with E-state index in [0.29, 0.717) is 28.8 Å². The van der Waals surface area contributed by atoms with Gasteiger partial charge in [0, 0.05) is 24.0 Å². The summed E-state index contributed by atoms with van der Waals surface area (Å²) in [6.45, 7) is 1.36. The molecule has 5 heteroatoms. The van der Waals surface area contributed by atoms with Crippen LogP contribution in [0, 0.1) is 11.8 Å². The first-order valence-electron chi connectivity index (χ1n) is 6.91. The van der Waals surface area contributed by atoms with E-state index in [2.05, 4.69) is 0 Å². The quantitative estimate of drug-likeness (QED) is 0.910. The molecule has 1 aromatic carbocycles. The lowest BCUT2D eigenvalue weighted by Gasteiger charge is -2.19. The monoisotopic (exact) mass is 295 g/mol. The van der Waals surface area contributed by atoms with E-state index in [1.54, 1.807) is 18.2 Å². The Hall–Kier alpha value is -1.26. The highest BCUT2D eigenvalue weighted by atomic mass is 35.5. The molecule has 2 aliphatic rings. The third kappa shape index (κ3) is 2.27. The van der Waals surface area contributed by atoms with Crippen LogP contribution in [0.25, 0.3) is 0 Å². The zero-order valence-corrected chi connectivity index (χ0v) is 12.1. The number of likely N-dealkylation sites (tertiary alicyclic amines) is 1. The van der Waals surface area contributed by atoms with Crippen molar-refractivity contribution >= 4 is 17.5 Å². The second kappa shape index (κ2) is 5.26. The normalized spacial score (nSPS) is 28.6. The molecule has 1 amide bonds. The van der Waals surface area contributed by atoms with Crippen LogP contribution in [0.1, 0.15) is 23.2 Å². The van der Waals surface area contributed by atoms with E-state index in [4.69, 9.17) is 16.3 Å². The van der Waals surface area contributed by atoms with Crippen molar-refractivity contribution in [2.75, 3.05) is 20.2 Å². The minimum Gasteiger partial charge on any atom is -0.496 e. The zero-order valence-electron chi connectivity index (χ0n) is 11.4. The molecule has 1 saturated carbocycles. The van der Waals surface area contributed by atoms with Gasteiger partial charge in [0.25, 0.3) is 5.91 Å². The molecule has 1 aliphatic carbocycles. The molecule has 0 aromatic heterocycles. The first-order chi connectivity index (χ1) is 9.60. The Morgan fingerprint density at radius 2 is 2.20 bits per heavy atom. The maximum absolute atomic E-state index is 12.6. The lowest BCUT2D eigenvalue weighted by Crippen LogP contribution is -2.31. The standard InChI is InChI=1S/C15H18ClNO3/c1-20-14-6-10(16)3-4-11(14)15(19)17-7-9-2-5-13(18)12(9)8-17/h3-4,6,9,12-13,18H,2,5,7-8H2,1H3. The van der Waals surface area contributed by atoms with E-state index in [1.165, 1.54) is 7.11 Å². The van der Waals surface area contributed by atoms with Crippen LogP contribution in [-0.2, 0) is 0 Å². The molecule has 108 valence electrons. The number of hydrogen-bond acceptors (Lipinski definition) is 3. The number of benzene rings is 1. The highest BCUT2D eigenvalue weighted by molar-refractivity contribution is 6.30. The lowest BCUT2D eigenvalue weighted by molar-refractivity contribution is 0.0749. The highest BCUT2D eigenvalue weighted by Crippen LogP contribution is 2.39. The van der Waals surface area contributed by atoms with Crippen LogP contribution in [0.15, 0.2) is 18.2 Å². The predicted octanol–water partition coefficient (Wildman–Crippen LogP) is 2.19. The molecule has 20 heavy (non-hydrogen) atoms. The number of methoxy groups -OCH3 is 1. The molecule has 1 aliphatic heterocycles. The van der Waals surface area contributed by atoms with Crippen LogP contribution in [-0.4, -0.2) is 42.2 Å². The molecule has 1 saturated heterocycles. The number of rotatable bonds is 2. The van der Waals surface area contributed by atoms with Gasteiger partial charge in [-0.2, -0.15) is 0 Å². The molecule has 0 bridgehead atoms. The van der Waals surface area contributed by atoms with Gasteiger partial charge in [-0.25, -0.2) is 0 Å². The van der Waals surface area contributed by atoms with E-state index in [9.17, 15) is 9.90 Å². The molecule has 3 unspecified atom stereocenters. The summed E-state index contributed by atoms with van der Waals surface area (Å²) in [7, 11) is 1.53. The summed E-state index contributed by atoms with van der Waals surface area (Å²) in [5.74, 6) is 1.13. The highest BCUT2D eigenvalue weighted by Gasteiger charge is 2.43. The minimum atomic E-state index is -0.259. The number of aliphatic hydroxyl groups excluding tert-OH is 1. The van der Waals surface area contributed by atoms with Crippen LogP contribution in [0.3, 0.4) is 0 Å². The van der Waals surface area contributed by atoms with Crippen molar-refractivity contribution in [3.05, 3.63) is 28.8 Å². The fourth-order valence-electron chi connectivity index (χ4n) is 3.41. The Bertz CT molecular complexity index is 534. The maximum atomic E-state index is 12.6. The number of nitrogens with zero attached hydrogens (tertiary/aromatic N) is 1. The lowest BCUT2D eigenvalue weighted by atomic mass is 10.00. The molecular formula is C15H18ClNO3. The number of hydrogen-bond donors (Lipinski definition) is 1. The first kappa shape index (κ1) is 13.7. The van der Waals surface area contributed by atoms with Crippen LogP contribution in [0.4, 0.5) is 0 Å². The third-order valence-electron chi connectivity index (χ3n) is 4.50. The maximum Gasteiger partial charge on any atom is 0.257 e. The van der Waals surface area contributed by atoms with Crippen molar-refractivity contribution in [2.45, 2.75) is 18.9 Å². The number of amides is 1. The number of carbonyl (C=O) groups is 1. The fourth-order valence-corrected chi connectivity index (χ4v) is 3.58. The van der Waals surface area contributed by atoms with Gasteiger partial charge in [-0.15, -0.1) is 0 Å². The van der Waals surface area contributed by atoms with Crippen LogP contribution < -0.4 is 4.74 Å². The van der Waals surface area contributed by atoms with E-state index < -0.39 is 0 Å². The largest absolute Gasteiger partial charge is 0.496 e. The smallest absolute Gasteiger partial charge is 0.257 e. The zero-order chi connectivity index (χ0) is 14.3. The average molecular weight is 296 g/mol. The van der Waals surface area contributed by atoms with Crippen molar-refractivity contribution < 1.29 is 14.6 Å². The fraction of sp³-hybridized carbons (Fsp3) is 0.533. The molecule has 2 fully saturated rings. The number of ether oxygens (including phenoxy) is 1. The molecule has 1 aromatic rings. The summed E-state index contributed by atoms with van der Waals surface area (Å²) in [4.78, 5) is 14.4. The Morgan fingerprint density at radius 3 is 2.90 bits per heavy atom. The Morgan fingerprint density at radius 1 is 1.40 bits per heavy atom. The van der Waals surface area contributed by atoms with Crippen molar-refractivity contribution in [3.8, 4) is 5.75 Å². The Balaban J connectivity index is 1.80. The Labute approximate surface area is 123 Å². The summed E-state index contributed by atoms with van der Waals surface area (Å²) in [5, 5.41) is 10.5. The molecule has 3 atom stereocenters. The van der Waals surface area contributed by atoms with Gasteiger partial charge in [0.2, 0.25) is 0 Å². The second-order valence-corrected chi connectivity index (χ2v) is 6.06. The molecule has 0 radical (unpaired) electrons. The van der Waals surface area contributed by atoms with Crippen molar-refractivity contribution in [1.82, 2.24) is 4.90 Å².